The standard InChI is InChI=1S/C14H20N4O.HI/c1-3-16-14(17-8-9-19-2)18-11-13-6-4-12(10-15)5-7-13;/h4-7H,3,8-9,11H2,1-2H3,(H2,16,17,18);1H. The Morgan fingerprint density at radius 3 is 2.55 bits per heavy atom. The number of nitrogens with zero attached hydrogens (tertiary/aromatic N) is 2. The van der Waals surface area contributed by atoms with Crippen LogP contribution in [-0.2, 0) is 11.3 Å². The molecule has 0 aliphatic rings. The average molecular weight is 388 g/mol. The summed E-state index contributed by atoms with van der Waals surface area (Å²) < 4.78 is 4.98. The van der Waals surface area contributed by atoms with Crippen LogP contribution < -0.4 is 10.6 Å². The van der Waals surface area contributed by atoms with Gasteiger partial charge >= 0.3 is 0 Å². The molecular formula is C14H21IN4O. The van der Waals surface area contributed by atoms with Gasteiger partial charge in [-0.15, -0.1) is 24.0 Å². The largest absolute Gasteiger partial charge is 0.383 e. The molecule has 1 aromatic carbocycles. The minimum atomic E-state index is 0. The van der Waals surface area contributed by atoms with E-state index >= 15 is 0 Å². The van der Waals surface area contributed by atoms with Crippen LogP contribution in [0.2, 0.25) is 0 Å². The molecule has 1 aromatic rings. The summed E-state index contributed by atoms with van der Waals surface area (Å²) in [6.45, 7) is 4.77. The summed E-state index contributed by atoms with van der Waals surface area (Å²) >= 11 is 0. The van der Waals surface area contributed by atoms with Gasteiger partial charge in [0.25, 0.3) is 0 Å². The maximum Gasteiger partial charge on any atom is 0.191 e. The Hall–Kier alpha value is -1.33. The van der Waals surface area contributed by atoms with E-state index in [2.05, 4.69) is 21.7 Å². The van der Waals surface area contributed by atoms with Crippen molar-refractivity contribution < 1.29 is 4.74 Å². The predicted octanol–water partition coefficient (Wildman–Crippen LogP) is 1.88. The molecule has 0 aliphatic carbocycles. The first kappa shape index (κ1) is 18.7. The molecule has 0 spiro atoms. The van der Waals surface area contributed by atoms with Crippen LogP contribution in [0.15, 0.2) is 29.3 Å². The number of halogens is 1. The summed E-state index contributed by atoms with van der Waals surface area (Å²) in [5.74, 6) is 0.768. The summed E-state index contributed by atoms with van der Waals surface area (Å²) in [5, 5.41) is 15.1. The Balaban J connectivity index is 0.00000361. The third-order valence-electron chi connectivity index (χ3n) is 2.45. The van der Waals surface area contributed by atoms with Crippen molar-refractivity contribution in [1.82, 2.24) is 10.6 Å². The van der Waals surface area contributed by atoms with Crippen LogP contribution in [-0.4, -0.2) is 32.8 Å². The van der Waals surface area contributed by atoms with E-state index in [1.165, 1.54) is 0 Å². The number of nitrogens with one attached hydrogen (secondary N) is 2. The smallest absolute Gasteiger partial charge is 0.191 e. The van der Waals surface area contributed by atoms with Crippen molar-refractivity contribution >= 4 is 29.9 Å². The maximum absolute atomic E-state index is 8.73. The van der Waals surface area contributed by atoms with Crippen molar-refractivity contribution in [3.05, 3.63) is 35.4 Å². The van der Waals surface area contributed by atoms with Gasteiger partial charge in [0.2, 0.25) is 0 Å². The first-order valence-corrected chi connectivity index (χ1v) is 6.30. The maximum atomic E-state index is 8.73. The van der Waals surface area contributed by atoms with Crippen LogP contribution in [0.5, 0.6) is 0 Å². The molecule has 0 amide bonds. The Morgan fingerprint density at radius 1 is 1.30 bits per heavy atom. The van der Waals surface area contributed by atoms with Gasteiger partial charge in [0.05, 0.1) is 24.8 Å². The molecule has 0 bridgehead atoms. The van der Waals surface area contributed by atoms with Gasteiger partial charge in [-0.2, -0.15) is 5.26 Å². The minimum absolute atomic E-state index is 0. The van der Waals surface area contributed by atoms with E-state index in [4.69, 9.17) is 10.00 Å². The molecule has 5 nitrogen and oxygen atoms in total. The molecular weight excluding hydrogens is 367 g/mol. The highest BCUT2D eigenvalue weighted by Crippen LogP contribution is 2.04. The van der Waals surface area contributed by atoms with Crippen molar-refractivity contribution in [3.8, 4) is 6.07 Å². The molecule has 110 valence electrons. The molecule has 0 radical (unpaired) electrons. The molecule has 1 rings (SSSR count). The quantitative estimate of drug-likeness (QED) is 0.338. The van der Waals surface area contributed by atoms with E-state index in [-0.39, 0.29) is 24.0 Å². The van der Waals surface area contributed by atoms with Crippen LogP contribution in [0.25, 0.3) is 0 Å². The SMILES string of the molecule is CCNC(=NCc1ccc(C#N)cc1)NCCOC.I. The van der Waals surface area contributed by atoms with Crippen molar-refractivity contribution in [2.75, 3.05) is 26.8 Å². The molecule has 0 fully saturated rings. The molecule has 0 unspecified atom stereocenters. The Labute approximate surface area is 137 Å². The van der Waals surface area contributed by atoms with E-state index in [0.717, 1.165) is 24.6 Å². The number of methoxy groups -OCH3 is 1. The number of benzene rings is 1. The normalized spacial score (nSPS) is 10.3. The molecule has 0 atom stereocenters. The highest BCUT2D eigenvalue weighted by Gasteiger charge is 1.97. The van der Waals surface area contributed by atoms with Crippen molar-refractivity contribution in [2.45, 2.75) is 13.5 Å². The van der Waals surface area contributed by atoms with Crippen LogP contribution >= 0.6 is 24.0 Å². The van der Waals surface area contributed by atoms with Gasteiger partial charge in [-0.05, 0) is 24.6 Å². The van der Waals surface area contributed by atoms with E-state index in [1.807, 2.05) is 19.1 Å². The Bertz CT molecular complexity index is 439. The lowest BCUT2D eigenvalue weighted by atomic mass is 10.1. The zero-order valence-corrected chi connectivity index (χ0v) is 14.2. The fourth-order valence-electron chi connectivity index (χ4n) is 1.47. The number of aliphatic imine (C=N–C) groups is 1. The number of ether oxygens (including phenoxy) is 1. The lowest BCUT2D eigenvalue weighted by molar-refractivity contribution is 0.203. The fourth-order valence-corrected chi connectivity index (χ4v) is 1.47. The second-order valence-electron chi connectivity index (χ2n) is 3.92. The van der Waals surface area contributed by atoms with Crippen LogP contribution in [0.1, 0.15) is 18.1 Å². The highest BCUT2D eigenvalue weighted by molar-refractivity contribution is 14.0. The van der Waals surface area contributed by atoms with Crippen molar-refractivity contribution in [3.63, 3.8) is 0 Å². The van der Waals surface area contributed by atoms with Gasteiger partial charge < -0.3 is 15.4 Å². The Kier molecular flexibility index (Phi) is 10.7. The van der Waals surface area contributed by atoms with Crippen LogP contribution in [0, 0.1) is 11.3 Å². The average Bonchev–Trinajstić information content (AvgIpc) is 2.45. The molecule has 2 N–H and O–H groups in total. The molecule has 0 aliphatic heterocycles. The zero-order chi connectivity index (χ0) is 13.9. The number of hydrogen-bond acceptors (Lipinski definition) is 3. The summed E-state index contributed by atoms with van der Waals surface area (Å²) in [4.78, 5) is 4.47. The van der Waals surface area contributed by atoms with Gasteiger partial charge in [0.15, 0.2) is 5.96 Å². The van der Waals surface area contributed by atoms with Crippen molar-refractivity contribution in [2.24, 2.45) is 4.99 Å². The van der Waals surface area contributed by atoms with Crippen LogP contribution in [0.4, 0.5) is 0 Å². The number of rotatable bonds is 6. The number of guanidine groups is 1. The first-order chi connectivity index (χ1) is 9.30. The second kappa shape index (κ2) is 11.5. The number of nitriles is 1. The van der Waals surface area contributed by atoms with Gasteiger partial charge in [0, 0.05) is 20.2 Å². The monoisotopic (exact) mass is 388 g/mol. The number of hydrogen-bond donors (Lipinski definition) is 2. The molecule has 0 saturated carbocycles. The molecule has 0 heterocycles. The summed E-state index contributed by atoms with van der Waals surface area (Å²) in [6, 6.07) is 9.54. The first-order valence-electron chi connectivity index (χ1n) is 6.30. The summed E-state index contributed by atoms with van der Waals surface area (Å²) in [5.41, 5.74) is 1.74. The van der Waals surface area contributed by atoms with Crippen LogP contribution in [0.3, 0.4) is 0 Å². The third-order valence-corrected chi connectivity index (χ3v) is 2.45. The van der Waals surface area contributed by atoms with Gasteiger partial charge in [-0.3, -0.25) is 0 Å². The summed E-state index contributed by atoms with van der Waals surface area (Å²) in [7, 11) is 1.67. The molecule has 6 heteroatoms. The van der Waals surface area contributed by atoms with Gasteiger partial charge in [-0.1, -0.05) is 12.1 Å². The lowest BCUT2D eigenvalue weighted by Crippen LogP contribution is -2.38. The predicted molar refractivity (Wildman–Crippen MR) is 91.3 cm³/mol. The lowest BCUT2D eigenvalue weighted by Gasteiger charge is -2.10. The van der Waals surface area contributed by atoms with Gasteiger partial charge in [-0.25, -0.2) is 4.99 Å². The van der Waals surface area contributed by atoms with Gasteiger partial charge in [0.1, 0.15) is 0 Å². The van der Waals surface area contributed by atoms with E-state index in [1.54, 1.807) is 19.2 Å². The van der Waals surface area contributed by atoms with E-state index in [9.17, 15) is 0 Å². The third kappa shape index (κ3) is 7.31. The zero-order valence-electron chi connectivity index (χ0n) is 11.8. The summed E-state index contributed by atoms with van der Waals surface area (Å²) in [6.07, 6.45) is 0. The van der Waals surface area contributed by atoms with E-state index < -0.39 is 0 Å². The van der Waals surface area contributed by atoms with E-state index in [0.29, 0.717) is 18.7 Å². The fraction of sp³-hybridized carbons (Fsp3) is 0.429. The molecule has 20 heavy (non-hydrogen) atoms. The highest BCUT2D eigenvalue weighted by atomic mass is 127. The topological polar surface area (TPSA) is 69.4 Å². The minimum Gasteiger partial charge on any atom is -0.383 e. The molecule has 0 saturated heterocycles. The second-order valence-corrected chi connectivity index (χ2v) is 3.92. The molecule has 0 aromatic heterocycles. The Morgan fingerprint density at radius 2 is 2.00 bits per heavy atom. The van der Waals surface area contributed by atoms with Crippen molar-refractivity contribution in [1.29, 1.82) is 5.26 Å².